The molecule has 0 unspecified atom stereocenters. The van der Waals surface area contributed by atoms with Crippen LogP contribution in [0.3, 0.4) is 0 Å². The molecule has 0 radical (unpaired) electrons. The second kappa shape index (κ2) is 5.78. The summed E-state index contributed by atoms with van der Waals surface area (Å²) < 4.78 is 2.98. The average Bonchev–Trinajstić information content (AvgIpc) is 2.79. The molecule has 0 aliphatic rings. The molecule has 0 spiro atoms. The molecule has 0 amide bonds. The van der Waals surface area contributed by atoms with Gasteiger partial charge in [0.1, 0.15) is 0 Å². The smallest absolute Gasteiger partial charge is 0.299 e. The number of nitrogens with one attached hydrogen (secondary N) is 2. The summed E-state index contributed by atoms with van der Waals surface area (Å²) in [5.41, 5.74) is 3.34. The van der Waals surface area contributed by atoms with E-state index in [2.05, 4.69) is 20.5 Å². The van der Waals surface area contributed by atoms with Gasteiger partial charge in [-0.2, -0.15) is 10.1 Å². The van der Waals surface area contributed by atoms with Gasteiger partial charge in [-0.15, -0.1) is 0 Å². The highest BCUT2D eigenvalue weighted by Gasteiger charge is 2.16. The molecule has 2 rings (SSSR count). The first kappa shape index (κ1) is 14.8. The van der Waals surface area contributed by atoms with Gasteiger partial charge in [0.2, 0.25) is 5.95 Å². The Morgan fingerprint density at radius 3 is 2.76 bits per heavy atom. The number of hydrazone groups is 1. The van der Waals surface area contributed by atoms with Crippen LogP contribution in [0.4, 0.5) is 5.95 Å². The maximum Gasteiger partial charge on any atom is 0.329 e. The molecule has 2 aromatic rings. The standard InChI is InChI=1S/C13H18N6O2/c1-5-6-7-19-9-10(14-12(19)17-16-8(2)3)18(4)13(21)15-11(9)20/h5-6H,7H2,1-4H3,(H,14,17)(H,15,20,21)/b6-5+. The van der Waals surface area contributed by atoms with Crippen molar-refractivity contribution in [2.24, 2.45) is 12.1 Å². The summed E-state index contributed by atoms with van der Waals surface area (Å²) in [5, 5.41) is 4.10. The van der Waals surface area contributed by atoms with E-state index in [0.29, 0.717) is 23.7 Å². The summed E-state index contributed by atoms with van der Waals surface area (Å²) in [7, 11) is 1.56. The zero-order valence-electron chi connectivity index (χ0n) is 12.5. The van der Waals surface area contributed by atoms with Crippen molar-refractivity contribution in [1.29, 1.82) is 0 Å². The zero-order valence-corrected chi connectivity index (χ0v) is 12.5. The second-order valence-corrected chi connectivity index (χ2v) is 4.78. The summed E-state index contributed by atoms with van der Waals surface area (Å²) in [6.07, 6.45) is 3.76. The summed E-state index contributed by atoms with van der Waals surface area (Å²) >= 11 is 0. The molecule has 0 aromatic carbocycles. The van der Waals surface area contributed by atoms with Crippen molar-refractivity contribution >= 4 is 22.8 Å². The van der Waals surface area contributed by atoms with E-state index in [1.807, 2.05) is 32.9 Å². The minimum Gasteiger partial charge on any atom is -0.299 e. The molecule has 0 atom stereocenters. The third-order valence-corrected chi connectivity index (χ3v) is 2.91. The van der Waals surface area contributed by atoms with Crippen LogP contribution in [-0.4, -0.2) is 24.8 Å². The Balaban J connectivity index is 2.75. The number of imidazole rings is 1. The van der Waals surface area contributed by atoms with Gasteiger partial charge in [0.15, 0.2) is 11.2 Å². The lowest BCUT2D eigenvalue weighted by Gasteiger charge is -2.05. The maximum atomic E-state index is 12.1. The molecule has 0 saturated heterocycles. The Labute approximate surface area is 120 Å². The number of nitrogens with zero attached hydrogens (tertiary/aromatic N) is 4. The minimum atomic E-state index is -0.495. The van der Waals surface area contributed by atoms with E-state index in [-0.39, 0.29) is 0 Å². The Morgan fingerprint density at radius 1 is 1.43 bits per heavy atom. The number of aromatic nitrogens is 4. The molecule has 2 heterocycles. The van der Waals surface area contributed by atoms with E-state index in [0.717, 1.165) is 5.71 Å². The highest BCUT2D eigenvalue weighted by atomic mass is 16.2. The van der Waals surface area contributed by atoms with Crippen molar-refractivity contribution in [2.45, 2.75) is 27.3 Å². The van der Waals surface area contributed by atoms with Crippen LogP contribution in [0.5, 0.6) is 0 Å². The third-order valence-electron chi connectivity index (χ3n) is 2.91. The molecule has 0 aliphatic carbocycles. The van der Waals surface area contributed by atoms with Crippen LogP contribution in [0.25, 0.3) is 11.2 Å². The van der Waals surface area contributed by atoms with E-state index < -0.39 is 11.2 Å². The molecule has 0 fully saturated rings. The van der Waals surface area contributed by atoms with Crippen molar-refractivity contribution in [3.05, 3.63) is 33.0 Å². The summed E-state index contributed by atoms with van der Waals surface area (Å²) in [6.45, 7) is 6.03. The molecule has 0 aliphatic heterocycles. The lowest BCUT2D eigenvalue weighted by atomic mass is 10.4. The monoisotopic (exact) mass is 290 g/mol. The SMILES string of the molecule is C/C=C/Cn1c(NN=C(C)C)nc2c1c(=O)[nH]c(=O)n2C. The van der Waals surface area contributed by atoms with Gasteiger partial charge in [0.25, 0.3) is 5.56 Å². The normalized spacial score (nSPS) is 11.2. The Bertz CT molecular complexity index is 833. The van der Waals surface area contributed by atoms with Crippen LogP contribution in [0, 0.1) is 0 Å². The predicted molar refractivity (Wildman–Crippen MR) is 82.8 cm³/mol. The van der Waals surface area contributed by atoms with E-state index in [1.54, 1.807) is 11.6 Å². The number of allylic oxidation sites excluding steroid dienone is 2. The van der Waals surface area contributed by atoms with E-state index in [9.17, 15) is 9.59 Å². The van der Waals surface area contributed by atoms with Crippen molar-refractivity contribution in [1.82, 2.24) is 19.1 Å². The van der Waals surface area contributed by atoms with Gasteiger partial charge < -0.3 is 0 Å². The fraction of sp³-hybridized carbons (Fsp3) is 0.385. The Kier molecular flexibility index (Phi) is 4.06. The number of aryl methyl sites for hydroxylation is 1. The molecule has 8 nitrogen and oxygen atoms in total. The topological polar surface area (TPSA) is 97.1 Å². The molecule has 2 N–H and O–H groups in total. The van der Waals surface area contributed by atoms with Gasteiger partial charge in [0, 0.05) is 19.3 Å². The van der Waals surface area contributed by atoms with Gasteiger partial charge in [-0.25, -0.2) is 10.2 Å². The van der Waals surface area contributed by atoms with E-state index >= 15 is 0 Å². The predicted octanol–water partition coefficient (Wildman–Crippen LogP) is 0.807. The molecule has 0 bridgehead atoms. The van der Waals surface area contributed by atoms with Gasteiger partial charge >= 0.3 is 5.69 Å². The van der Waals surface area contributed by atoms with Gasteiger partial charge in [-0.05, 0) is 20.8 Å². The van der Waals surface area contributed by atoms with Crippen molar-refractivity contribution in [3.8, 4) is 0 Å². The first-order chi connectivity index (χ1) is 9.95. The van der Waals surface area contributed by atoms with E-state index in [1.165, 1.54) is 4.57 Å². The minimum absolute atomic E-state index is 0.319. The second-order valence-electron chi connectivity index (χ2n) is 4.78. The molecule has 8 heteroatoms. The van der Waals surface area contributed by atoms with Gasteiger partial charge in [-0.3, -0.25) is 18.9 Å². The molecular weight excluding hydrogens is 272 g/mol. The number of hydrogen-bond donors (Lipinski definition) is 2. The van der Waals surface area contributed by atoms with Crippen LogP contribution in [-0.2, 0) is 13.6 Å². The molecule has 112 valence electrons. The molecular formula is C13H18N6O2. The van der Waals surface area contributed by atoms with Gasteiger partial charge in [0.05, 0.1) is 0 Å². The third kappa shape index (κ3) is 2.78. The highest BCUT2D eigenvalue weighted by Crippen LogP contribution is 2.15. The average molecular weight is 290 g/mol. The van der Waals surface area contributed by atoms with Crippen molar-refractivity contribution < 1.29 is 0 Å². The van der Waals surface area contributed by atoms with Crippen molar-refractivity contribution in [2.75, 3.05) is 5.43 Å². The van der Waals surface area contributed by atoms with Crippen molar-refractivity contribution in [3.63, 3.8) is 0 Å². The summed E-state index contributed by atoms with van der Waals surface area (Å²) in [4.78, 5) is 30.3. The summed E-state index contributed by atoms with van der Waals surface area (Å²) in [6, 6.07) is 0. The summed E-state index contributed by atoms with van der Waals surface area (Å²) in [5.74, 6) is 0.413. The Morgan fingerprint density at radius 2 is 2.14 bits per heavy atom. The van der Waals surface area contributed by atoms with Crippen LogP contribution in [0.15, 0.2) is 26.8 Å². The van der Waals surface area contributed by atoms with E-state index in [4.69, 9.17) is 0 Å². The molecule has 0 saturated carbocycles. The Hall–Kier alpha value is -2.64. The quantitative estimate of drug-likeness (QED) is 0.494. The molecule has 2 aromatic heterocycles. The number of fused-ring (bicyclic) bond motifs is 1. The highest BCUT2D eigenvalue weighted by molar-refractivity contribution is 5.80. The molecule has 21 heavy (non-hydrogen) atoms. The fourth-order valence-electron chi connectivity index (χ4n) is 1.87. The van der Waals surface area contributed by atoms with Gasteiger partial charge in [-0.1, -0.05) is 12.2 Å². The first-order valence-corrected chi connectivity index (χ1v) is 6.53. The lowest BCUT2D eigenvalue weighted by Crippen LogP contribution is -2.29. The van der Waals surface area contributed by atoms with Crippen LogP contribution < -0.4 is 16.7 Å². The van der Waals surface area contributed by atoms with Crippen LogP contribution in [0.1, 0.15) is 20.8 Å². The number of rotatable bonds is 4. The fourth-order valence-corrected chi connectivity index (χ4v) is 1.87. The lowest BCUT2D eigenvalue weighted by molar-refractivity contribution is 0.818. The number of hydrogen-bond acceptors (Lipinski definition) is 5. The first-order valence-electron chi connectivity index (χ1n) is 6.53. The van der Waals surface area contributed by atoms with Crippen LogP contribution >= 0.6 is 0 Å². The number of aromatic amines is 1. The zero-order chi connectivity index (χ0) is 15.6. The van der Waals surface area contributed by atoms with Crippen LogP contribution in [0.2, 0.25) is 0 Å². The largest absolute Gasteiger partial charge is 0.329 e. The maximum absolute atomic E-state index is 12.1. The number of anilines is 1. The number of H-pyrrole nitrogens is 1.